The molecule has 0 saturated carbocycles. The number of carbonyl (C=O) groups excluding carboxylic acids is 1. The fraction of sp³-hybridized carbons (Fsp3) is 0. The normalized spacial score (nSPS) is 18.1. The van der Waals surface area contributed by atoms with Crippen molar-refractivity contribution in [3.63, 3.8) is 0 Å². The van der Waals surface area contributed by atoms with E-state index in [2.05, 4.69) is 0 Å². The highest BCUT2D eigenvalue weighted by molar-refractivity contribution is 7.90. The molecule has 0 atom stereocenters. The molecule has 0 fully saturated rings. The second kappa shape index (κ2) is 2.46. The second-order valence-electron chi connectivity index (χ2n) is 2.55. The van der Waals surface area contributed by atoms with Crippen molar-refractivity contribution in [3.8, 4) is 0 Å². The van der Waals surface area contributed by atoms with Crippen LogP contribution in [0.4, 0.5) is 0 Å². The predicted octanol–water partition coefficient (Wildman–Crippen LogP) is 0.772. The quantitative estimate of drug-likeness (QED) is 0.698. The molecule has 6 heteroatoms. The minimum absolute atomic E-state index is 0.0316. The first-order valence-corrected chi connectivity index (χ1v) is 5.24. The Morgan fingerprint density at radius 1 is 1.31 bits per heavy atom. The van der Waals surface area contributed by atoms with Crippen LogP contribution in [0.5, 0.6) is 0 Å². The number of sulfonamides is 1. The third-order valence-electron chi connectivity index (χ3n) is 1.72. The first-order chi connectivity index (χ1) is 6.02. The van der Waals surface area contributed by atoms with E-state index >= 15 is 0 Å². The molecular formula is C7H4ClNO3S. The molecule has 4 nitrogen and oxygen atoms in total. The molecule has 2 rings (SSSR count). The average Bonchev–Trinajstić information content (AvgIpc) is 2.24. The summed E-state index contributed by atoms with van der Waals surface area (Å²) in [6.07, 6.45) is 0. The highest BCUT2D eigenvalue weighted by atomic mass is 35.5. The monoisotopic (exact) mass is 217 g/mol. The van der Waals surface area contributed by atoms with Gasteiger partial charge in [0.2, 0.25) is 0 Å². The van der Waals surface area contributed by atoms with Crippen molar-refractivity contribution in [1.29, 1.82) is 0 Å². The van der Waals surface area contributed by atoms with E-state index in [0.717, 1.165) is 0 Å². The van der Waals surface area contributed by atoms with E-state index in [-0.39, 0.29) is 15.5 Å². The zero-order chi connectivity index (χ0) is 9.64. The van der Waals surface area contributed by atoms with Gasteiger partial charge in [0.15, 0.2) is 0 Å². The van der Waals surface area contributed by atoms with Gasteiger partial charge in [-0.3, -0.25) is 4.79 Å². The SMILES string of the molecule is O=C1NS(=O)(=O)c2cccc(Cl)c21. The van der Waals surface area contributed by atoms with Crippen LogP contribution in [-0.4, -0.2) is 14.3 Å². The van der Waals surface area contributed by atoms with E-state index < -0.39 is 15.9 Å². The van der Waals surface area contributed by atoms with E-state index in [1.54, 1.807) is 0 Å². The number of fused-ring (bicyclic) bond motifs is 1. The number of benzene rings is 1. The van der Waals surface area contributed by atoms with Crippen molar-refractivity contribution in [2.45, 2.75) is 4.90 Å². The molecule has 0 aromatic heterocycles. The van der Waals surface area contributed by atoms with Gasteiger partial charge in [0.25, 0.3) is 15.9 Å². The lowest BCUT2D eigenvalue weighted by molar-refractivity contribution is 0.0985. The summed E-state index contributed by atoms with van der Waals surface area (Å²) in [4.78, 5) is 11.1. The molecule has 13 heavy (non-hydrogen) atoms. The van der Waals surface area contributed by atoms with Crippen LogP contribution in [0.15, 0.2) is 23.1 Å². The van der Waals surface area contributed by atoms with Crippen LogP contribution in [0.2, 0.25) is 5.02 Å². The van der Waals surface area contributed by atoms with E-state index in [9.17, 15) is 13.2 Å². The molecule has 1 heterocycles. The molecule has 0 unspecified atom stereocenters. The van der Waals surface area contributed by atoms with E-state index in [0.29, 0.717) is 0 Å². The fourth-order valence-electron chi connectivity index (χ4n) is 1.18. The number of hydrogen-bond donors (Lipinski definition) is 1. The van der Waals surface area contributed by atoms with Gasteiger partial charge in [-0.15, -0.1) is 0 Å². The fourth-order valence-corrected chi connectivity index (χ4v) is 2.68. The molecular weight excluding hydrogens is 214 g/mol. The summed E-state index contributed by atoms with van der Waals surface area (Å²) in [6, 6.07) is 4.30. The summed E-state index contributed by atoms with van der Waals surface area (Å²) < 4.78 is 24.3. The van der Waals surface area contributed by atoms with Gasteiger partial charge in [-0.2, -0.15) is 0 Å². The molecule has 0 aliphatic carbocycles. The molecule has 0 saturated heterocycles. The molecule has 1 amide bonds. The molecule has 0 spiro atoms. The number of halogens is 1. The van der Waals surface area contributed by atoms with Gasteiger partial charge in [0, 0.05) is 0 Å². The third-order valence-corrected chi connectivity index (χ3v) is 3.41. The van der Waals surface area contributed by atoms with Gasteiger partial charge in [0.1, 0.15) is 4.90 Å². The molecule has 0 radical (unpaired) electrons. The third kappa shape index (κ3) is 1.12. The summed E-state index contributed by atoms with van der Waals surface area (Å²) in [5.41, 5.74) is 0.0316. The maximum absolute atomic E-state index is 11.2. The van der Waals surface area contributed by atoms with Crippen LogP contribution in [0.3, 0.4) is 0 Å². The van der Waals surface area contributed by atoms with Crippen LogP contribution in [-0.2, 0) is 10.0 Å². The molecule has 1 aromatic rings. The van der Waals surface area contributed by atoms with Crippen LogP contribution < -0.4 is 4.72 Å². The van der Waals surface area contributed by atoms with E-state index in [1.807, 2.05) is 4.72 Å². The smallest absolute Gasteiger partial charge is 0.267 e. The Hall–Kier alpha value is -1.07. The van der Waals surface area contributed by atoms with Crippen molar-refractivity contribution in [2.75, 3.05) is 0 Å². The van der Waals surface area contributed by atoms with Crippen molar-refractivity contribution in [1.82, 2.24) is 4.72 Å². The van der Waals surface area contributed by atoms with Crippen LogP contribution in [0.1, 0.15) is 10.4 Å². The number of hydrogen-bond acceptors (Lipinski definition) is 3. The van der Waals surface area contributed by atoms with Crippen LogP contribution in [0, 0.1) is 0 Å². The molecule has 1 aliphatic heterocycles. The molecule has 0 bridgehead atoms. The summed E-state index contributed by atoms with van der Waals surface area (Å²) in [6.45, 7) is 0. The highest BCUT2D eigenvalue weighted by Gasteiger charge is 2.33. The Morgan fingerprint density at radius 3 is 2.62 bits per heavy atom. The minimum Gasteiger partial charge on any atom is -0.268 e. The molecule has 68 valence electrons. The van der Waals surface area contributed by atoms with Gasteiger partial charge in [-0.05, 0) is 12.1 Å². The van der Waals surface area contributed by atoms with Crippen molar-refractivity contribution < 1.29 is 13.2 Å². The van der Waals surface area contributed by atoms with E-state index in [1.165, 1.54) is 18.2 Å². The predicted molar refractivity (Wildman–Crippen MR) is 46.1 cm³/mol. The Kier molecular flexibility index (Phi) is 1.61. The molecule has 1 aliphatic rings. The standard InChI is InChI=1S/C7H4ClNO3S/c8-4-2-1-3-5-6(4)7(10)9-13(5,11)12/h1-3H,(H,9,10). The summed E-state index contributed by atoms with van der Waals surface area (Å²) in [5.74, 6) is -0.666. The Labute approximate surface area is 79.6 Å². The average molecular weight is 218 g/mol. The number of nitrogens with one attached hydrogen (secondary N) is 1. The first kappa shape index (κ1) is 8.52. The van der Waals surface area contributed by atoms with Crippen LogP contribution in [0.25, 0.3) is 0 Å². The van der Waals surface area contributed by atoms with Gasteiger partial charge < -0.3 is 0 Å². The molecule has 1 N–H and O–H groups in total. The van der Waals surface area contributed by atoms with Gasteiger partial charge in [-0.1, -0.05) is 17.7 Å². The summed E-state index contributed by atoms with van der Waals surface area (Å²) in [5, 5.41) is 0.149. The highest BCUT2D eigenvalue weighted by Crippen LogP contribution is 2.28. The summed E-state index contributed by atoms with van der Waals surface area (Å²) in [7, 11) is -3.66. The molecule has 1 aromatic carbocycles. The topological polar surface area (TPSA) is 63.2 Å². The largest absolute Gasteiger partial charge is 0.268 e. The Bertz CT molecular complexity index is 494. The lowest BCUT2D eigenvalue weighted by Gasteiger charge is -1.94. The summed E-state index contributed by atoms with van der Waals surface area (Å²) >= 11 is 5.67. The minimum atomic E-state index is -3.66. The maximum Gasteiger partial charge on any atom is 0.267 e. The Morgan fingerprint density at radius 2 is 2.00 bits per heavy atom. The van der Waals surface area contributed by atoms with Gasteiger partial charge >= 0.3 is 0 Å². The van der Waals surface area contributed by atoms with Gasteiger partial charge in [0.05, 0.1) is 10.6 Å². The number of amides is 1. The zero-order valence-corrected chi connectivity index (χ0v) is 7.82. The van der Waals surface area contributed by atoms with Gasteiger partial charge in [-0.25, -0.2) is 13.1 Å². The second-order valence-corrected chi connectivity index (χ2v) is 4.61. The van der Waals surface area contributed by atoms with Crippen LogP contribution >= 0.6 is 11.6 Å². The maximum atomic E-state index is 11.2. The zero-order valence-electron chi connectivity index (χ0n) is 6.24. The number of rotatable bonds is 0. The first-order valence-electron chi connectivity index (χ1n) is 3.38. The lowest BCUT2D eigenvalue weighted by atomic mass is 10.2. The van der Waals surface area contributed by atoms with E-state index in [4.69, 9.17) is 11.6 Å². The van der Waals surface area contributed by atoms with Crippen molar-refractivity contribution in [2.24, 2.45) is 0 Å². The lowest BCUT2D eigenvalue weighted by Crippen LogP contribution is -2.20. The van der Waals surface area contributed by atoms with Crippen molar-refractivity contribution >= 4 is 27.5 Å². The Balaban J connectivity index is 2.87. The number of carbonyl (C=O) groups is 1. The van der Waals surface area contributed by atoms with Crippen molar-refractivity contribution in [3.05, 3.63) is 28.8 Å².